The van der Waals surface area contributed by atoms with E-state index in [4.69, 9.17) is 0 Å². The smallest absolute Gasteiger partial charge is 0.268 e. The van der Waals surface area contributed by atoms with Crippen molar-refractivity contribution in [2.45, 2.75) is 52.1 Å². The highest BCUT2D eigenvalue weighted by Crippen LogP contribution is 2.21. The molecule has 3 nitrogen and oxygen atoms in total. The van der Waals surface area contributed by atoms with E-state index in [1.54, 1.807) is 12.1 Å². The number of hydrogen-bond acceptors (Lipinski definition) is 2. The van der Waals surface area contributed by atoms with Crippen molar-refractivity contribution in [3.05, 3.63) is 35.1 Å². The van der Waals surface area contributed by atoms with E-state index >= 15 is 0 Å². The number of hydrogen-bond donors (Lipinski definition) is 1. The Morgan fingerprint density at radius 3 is 2.58 bits per heavy atom. The minimum absolute atomic E-state index is 0.116. The van der Waals surface area contributed by atoms with Crippen LogP contribution in [0.15, 0.2) is 18.2 Å². The molecule has 1 fully saturated rings. The molecular formula is C15H21FN2O. The Balaban J connectivity index is 2.14. The van der Waals surface area contributed by atoms with Crippen LogP contribution in [0.5, 0.6) is 0 Å². The Morgan fingerprint density at radius 1 is 1.32 bits per heavy atom. The van der Waals surface area contributed by atoms with Crippen LogP contribution in [0.3, 0.4) is 0 Å². The van der Waals surface area contributed by atoms with Crippen LogP contribution in [-0.4, -0.2) is 23.0 Å². The third-order valence-corrected chi connectivity index (χ3v) is 3.79. The van der Waals surface area contributed by atoms with Gasteiger partial charge in [-0.3, -0.25) is 10.2 Å². The van der Waals surface area contributed by atoms with Gasteiger partial charge in [-0.25, -0.2) is 9.40 Å². The molecule has 1 aliphatic rings. The molecule has 1 amide bonds. The fraction of sp³-hybridized carbons (Fsp3) is 0.533. The number of nitrogens with zero attached hydrogens (tertiary/aromatic N) is 1. The van der Waals surface area contributed by atoms with Gasteiger partial charge in [0.1, 0.15) is 5.82 Å². The molecule has 0 spiro atoms. The molecule has 0 radical (unpaired) electrons. The lowest BCUT2D eigenvalue weighted by Gasteiger charge is -2.38. The minimum atomic E-state index is -0.472. The number of halogens is 1. The highest BCUT2D eigenvalue weighted by Gasteiger charge is 2.27. The average Bonchev–Trinajstić information content (AvgIpc) is 2.37. The third kappa shape index (κ3) is 3.13. The number of nitrogens with one attached hydrogen (secondary N) is 1. The highest BCUT2D eigenvalue weighted by atomic mass is 19.1. The van der Waals surface area contributed by atoms with Gasteiger partial charge in [-0.2, -0.15) is 0 Å². The number of hydrazine groups is 1. The summed E-state index contributed by atoms with van der Waals surface area (Å²) in [7, 11) is 0. The quantitative estimate of drug-likeness (QED) is 0.890. The van der Waals surface area contributed by atoms with Crippen LogP contribution in [-0.2, 0) is 0 Å². The van der Waals surface area contributed by atoms with Gasteiger partial charge in [-0.15, -0.1) is 0 Å². The molecule has 2 unspecified atom stereocenters. The summed E-state index contributed by atoms with van der Waals surface area (Å²) in [4.78, 5) is 12.2. The first-order valence-corrected chi connectivity index (χ1v) is 6.84. The summed E-state index contributed by atoms with van der Waals surface area (Å²) in [6, 6.07) is 5.18. The molecule has 4 heteroatoms. The van der Waals surface area contributed by atoms with E-state index in [1.165, 1.54) is 12.5 Å². The van der Waals surface area contributed by atoms with Gasteiger partial charge in [0.15, 0.2) is 0 Å². The summed E-state index contributed by atoms with van der Waals surface area (Å²) < 4.78 is 13.7. The molecule has 2 atom stereocenters. The SMILES string of the molecule is Cc1ccc(F)c(C(=O)NN2C(C)CCCC2C)c1. The van der Waals surface area contributed by atoms with Crippen LogP contribution < -0.4 is 5.43 Å². The largest absolute Gasteiger partial charge is 0.284 e. The Labute approximate surface area is 113 Å². The monoisotopic (exact) mass is 264 g/mol. The number of amides is 1. The first-order valence-electron chi connectivity index (χ1n) is 6.84. The molecule has 1 aromatic carbocycles. The van der Waals surface area contributed by atoms with E-state index in [-0.39, 0.29) is 11.5 Å². The maximum atomic E-state index is 13.7. The molecule has 0 aromatic heterocycles. The van der Waals surface area contributed by atoms with Crippen LogP contribution in [0.1, 0.15) is 49.0 Å². The van der Waals surface area contributed by atoms with Gasteiger partial charge in [-0.1, -0.05) is 18.1 Å². The van der Waals surface area contributed by atoms with Crippen LogP contribution in [0, 0.1) is 12.7 Å². The molecule has 1 aliphatic heterocycles. The summed E-state index contributed by atoms with van der Waals surface area (Å²) >= 11 is 0. The zero-order valence-electron chi connectivity index (χ0n) is 11.7. The topological polar surface area (TPSA) is 32.3 Å². The van der Waals surface area contributed by atoms with Crippen LogP contribution in [0.25, 0.3) is 0 Å². The van der Waals surface area contributed by atoms with Crippen molar-refractivity contribution < 1.29 is 9.18 Å². The maximum absolute atomic E-state index is 13.7. The van der Waals surface area contributed by atoms with Crippen molar-refractivity contribution in [2.75, 3.05) is 0 Å². The predicted octanol–water partition coefficient (Wildman–Crippen LogP) is 3.04. The summed E-state index contributed by atoms with van der Waals surface area (Å²) in [6.45, 7) is 6.02. The van der Waals surface area contributed by atoms with Crippen molar-refractivity contribution in [1.82, 2.24) is 10.4 Å². The predicted molar refractivity (Wildman–Crippen MR) is 73.2 cm³/mol. The Kier molecular flexibility index (Phi) is 4.20. The van der Waals surface area contributed by atoms with Crippen molar-refractivity contribution in [2.24, 2.45) is 0 Å². The lowest BCUT2D eigenvalue weighted by atomic mass is 10.00. The van der Waals surface area contributed by atoms with Gasteiger partial charge in [0.25, 0.3) is 5.91 Å². The molecule has 1 aromatic rings. The number of carbonyl (C=O) groups is 1. The number of benzene rings is 1. The lowest BCUT2D eigenvalue weighted by Crippen LogP contribution is -2.54. The Hall–Kier alpha value is -1.42. The van der Waals surface area contributed by atoms with E-state index < -0.39 is 5.82 Å². The van der Waals surface area contributed by atoms with Crippen molar-refractivity contribution in [3.8, 4) is 0 Å². The fourth-order valence-corrected chi connectivity index (χ4v) is 2.63. The van der Waals surface area contributed by atoms with E-state index in [2.05, 4.69) is 19.3 Å². The molecule has 0 bridgehead atoms. The van der Waals surface area contributed by atoms with Crippen molar-refractivity contribution in [3.63, 3.8) is 0 Å². The summed E-state index contributed by atoms with van der Waals surface area (Å²) in [5.74, 6) is -0.831. The average molecular weight is 264 g/mol. The Morgan fingerprint density at radius 2 is 1.95 bits per heavy atom. The highest BCUT2D eigenvalue weighted by molar-refractivity contribution is 5.94. The molecule has 1 saturated heterocycles. The van der Waals surface area contributed by atoms with E-state index in [1.807, 2.05) is 11.9 Å². The van der Waals surface area contributed by atoms with Gasteiger partial charge < -0.3 is 0 Å². The van der Waals surface area contributed by atoms with Crippen molar-refractivity contribution in [1.29, 1.82) is 0 Å². The number of carbonyl (C=O) groups excluding carboxylic acids is 1. The molecule has 1 heterocycles. The number of rotatable bonds is 2. The summed E-state index contributed by atoms with van der Waals surface area (Å²) in [5, 5.41) is 1.95. The second-order valence-electron chi connectivity index (χ2n) is 5.46. The fourth-order valence-electron chi connectivity index (χ4n) is 2.63. The second kappa shape index (κ2) is 5.70. The number of piperidine rings is 1. The lowest BCUT2D eigenvalue weighted by molar-refractivity contribution is 0.0367. The van der Waals surface area contributed by atoms with Gasteiger partial charge >= 0.3 is 0 Å². The second-order valence-corrected chi connectivity index (χ2v) is 5.46. The van der Waals surface area contributed by atoms with E-state index in [0.717, 1.165) is 18.4 Å². The summed E-state index contributed by atoms with van der Waals surface area (Å²) in [6.07, 6.45) is 3.29. The van der Waals surface area contributed by atoms with Crippen molar-refractivity contribution >= 4 is 5.91 Å². The Bertz CT molecular complexity index is 465. The zero-order valence-corrected chi connectivity index (χ0v) is 11.7. The van der Waals surface area contributed by atoms with Crippen LogP contribution >= 0.6 is 0 Å². The van der Waals surface area contributed by atoms with Crippen LogP contribution in [0.2, 0.25) is 0 Å². The number of aryl methyl sites for hydroxylation is 1. The molecule has 0 aliphatic carbocycles. The van der Waals surface area contributed by atoms with Crippen LogP contribution in [0.4, 0.5) is 4.39 Å². The van der Waals surface area contributed by atoms with E-state index in [0.29, 0.717) is 12.1 Å². The van der Waals surface area contributed by atoms with Gasteiger partial charge in [0.2, 0.25) is 0 Å². The molecule has 104 valence electrons. The molecule has 19 heavy (non-hydrogen) atoms. The maximum Gasteiger partial charge on any atom is 0.268 e. The first-order chi connectivity index (χ1) is 8.99. The zero-order chi connectivity index (χ0) is 14.0. The van der Waals surface area contributed by atoms with E-state index in [9.17, 15) is 9.18 Å². The third-order valence-electron chi connectivity index (χ3n) is 3.79. The van der Waals surface area contributed by atoms with Gasteiger partial charge in [-0.05, 0) is 45.7 Å². The van der Waals surface area contributed by atoms with Gasteiger partial charge in [0, 0.05) is 12.1 Å². The van der Waals surface area contributed by atoms with Gasteiger partial charge in [0.05, 0.1) is 5.56 Å². The first kappa shape index (κ1) is 14.0. The summed E-state index contributed by atoms with van der Waals surface area (Å²) in [5.41, 5.74) is 3.85. The molecule has 2 rings (SSSR count). The normalized spacial score (nSPS) is 24.2. The molecule has 1 N–H and O–H groups in total. The standard InChI is InChI=1S/C15H21FN2O/c1-10-7-8-14(16)13(9-10)15(19)17-18-11(2)5-4-6-12(18)3/h7-9,11-12H,4-6H2,1-3H3,(H,17,19). The molecular weight excluding hydrogens is 243 g/mol. The minimum Gasteiger partial charge on any atom is -0.284 e. The molecule has 0 saturated carbocycles.